The zero-order chi connectivity index (χ0) is 19.5. The molecule has 0 heterocycles. The molecule has 1 amide bonds. The summed E-state index contributed by atoms with van der Waals surface area (Å²) < 4.78 is 5.27. The predicted octanol–water partition coefficient (Wildman–Crippen LogP) is 2.19. The number of guanidine groups is 1. The van der Waals surface area contributed by atoms with E-state index in [-0.39, 0.29) is 6.61 Å². The molecule has 0 aromatic heterocycles. The fourth-order valence-corrected chi connectivity index (χ4v) is 2.60. The average molecular weight is 368 g/mol. The van der Waals surface area contributed by atoms with Crippen molar-refractivity contribution in [1.29, 1.82) is 0 Å². The summed E-state index contributed by atoms with van der Waals surface area (Å²) in [6.45, 7) is 4.27. The summed E-state index contributed by atoms with van der Waals surface area (Å²) in [5, 5.41) is 3.34. The van der Waals surface area contributed by atoms with Crippen LogP contribution in [0.2, 0.25) is 0 Å². The Kier molecular flexibility index (Phi) is 8.16. The lowest BCUT2D eigenvalue weighted by Gasteiger charge is -2.22. The Hall–Kier alpha value is -3.02. The highest BCUT2D eigenvalue weighted by Gasteiger charge is 2.06. The molecule has 0 aliphatic carbocycles. The van der Waals surface area contributed by atoms with Crippen LogP contribution in [0, 0.1) is 0 Å². The SMILES string of the molecule is CCNC(=NCCc1ccc(OCC(N)=O)cc1)N(C)Cc1ccccc1. The molecule has 3 N–H and O–H groups in total. The van der Waals surface area contributed by atoms with E-state index in [1.54, 1.807) is 0 Å². The normalized spacial score (nSPS) is 11.1. The molecule has 2 aromatic rings. The Labute approximate surface area is 161 Å². The number of nitrogens with one attached hydrogen (secondary N) is 1. The maximum absolute atomic E-state index is 10.7. The van der Waals surface area contributed by atoms with E-state index in [2.05, 4.69) is 29.3 Å². The van der Waals surface area contributed by atoms with Gasteiger partial charge in [0.25, 0.3) is 5.91 Å². The van der Waals surface area contributed by atoms with E-state index >= 15 is 0 Å². The van der Waals surface area contributed by atoms with Crippen molar-refractivity contribution >= 4 is 11.9 Å². The van der Waals surface area contributed by atoms with Crippen LogP contribution in [0.3, 0.4) is 0 Å². The van der Waals surface area contributed by atoms with Crippen molar-refractivity contribution in [2.45, 2.75) is 19.9 Å². The van der Waals surface area contributed by atoms with Gasteiger partial charge in [0, 0.05) is 26.7 Å². The lowest BCUT2D eigenvalue weighted by atomic mass is 10.1. The van der Waals surface area contributed by atoms with Crippen LogP contribution in [-0.4, -0.2) is 43.5 Å². The molecule has 0 aliphatic heterocycles. The maximum Gasteiger partial charge on any atom is 0.255 e. The van der Waals surface area contributed by atoms with Gasteiger partial charge in [-0.2, -0.15) is 0 Å². The second kappa shape index (κ2) is 10.9. The molecule has 0 fully saturated rings. The molecule has 0 saturated heterocycles. The molecule has 0 aliphatic rings. The smallest absolute Gasteiger partial charge is 0.255 e. The Morgan fingerprint density at radius 1 is 1.11 bits per heavy atom. The molecule has 144 valence electrons. The van der Waals surface area contributed by atoms with Gasteiger partial charge in [-0.3, -0.25) is 9.79 Å². The van der Waals surface area contributed by atoms with E-state index in [4.69, 9.17) is 15.5 Å². The number of hydrogen-bond donors (Lipinski definition) is 2. The van der Waals surface area contributed by atoms with Gasteiger partial charge >= 0.3 is 0 Å². The number of nitrogens with zero attached hydrogens (tertiary/aromatic N) is 2. The minimum atomic E-state index is -0.482. The van der Waals surface area contributed by atoms with Crippen molar-refractivity contribution in [1.82, 2.24) is 10.2 Å². The van der Waals surface area contributed by atoms with Crippen molar-refractivity contribution in [2.24, 2.45) is 10.7 Å². The zero-order valence-corrected chi connectivity index (χ0v) is 16.0. The molecule has 2 rings (SSSR count). The molecule has 6 heteroatoms. The van der Waals surface area contributed by atoms with Crippen LogP contribution in [0.1, 0.15) is 18.1 Å². The predicted molar refractivity (Wildman–Crippen MR) is 109 cm³/mol. The topological polar surface area (TPSA) is 80.0 Å². The third kappa shape index (κ3) is 7.40. The van der Waals surface area contributed by atoms with Crippen molar-refractivity contribution in [3.8, 4) is 5.75 Å². The number of primary amides is 1. The molecule has 6 nitrogen and oxygen atoms in total. The highest BCUT2D eigenvalue weighted by Crippen LogP contribution is 2.12. The Balaban J connectivity index is 1.89. The van der Waals surface area contributed by atoms with Crippen molar-refractivity contribution in [3.05, 3.63) is 65.7 Å². The van der Waals surface area contributed by atoms with Gasteiger partial charge < -0.3 is 20.7 Å². The lowest BCUT2D eigenvalue weighted by Crippen LogP contribution is -2.38. The maximum atomic E-state index is 10.7. The highest BCUT2D eigenvalue weighted by molar-refractivity contribution is 5.79. The molecule has 2 aromatic carbocycles. The second-order valence-electron chi connectivity index (χ2n) is 6.23. The molecule has 0 atom stereocenters. The number of carbonyl (C=O) groups excluding carboxylic acids is 1. The number of carbonyl (C=O) groups is 1. The summed E-state index contributed by atoms with van der Waals surface area (Å²) in [6.07, 6.45) is 0.824. The Morgan fingerprint density at radius 2 is 1.81 bits per heavy atom. The lowest BCUT2D eigenvalue weighted by molar-refractivity contribution is -0.119. The van der Waals surface area contributed by atoms with Crippen LogP contribution < -0.4 is 15.8 Å². The number of amides is 1. The van der Waals surface area contributed by atoms with Crippen LogP contribution in [0.25, 0.3) is 0 Å². The minimum absolute atomic E-state index is 0.108. The number of rotatable bonds is 9. The fraction of sp³-hybridized carbons (Fsp3) is 0.333. The van der Waals surface area contributed by atoms with E-state index in [0.717, 1.165) is 31.0 Å². The first-order valence-corrected chi connectivity index (χ1v) is 9.12. The molecular formula is C21H28N4O2. The summed E-state index contributed by atoms with van der Waals surface area (Å²) in [4.78, 5) is 17.6. The van der Waals surface area contributed by atoms with Crippen LogP contribution >= 0.6 is 0 Å². The molecule has 0 saturated carbocycles. The highest BCUT2D eigenvalue weighted by atomic mass is 16.5. The summed E-state index contributed by atoms with van der Waals surface area (Å²) >= 11 is 0. The van der Waals surface area contributed by atoms with Crippen LogP contribution in [0.15, 0.2) is 59.6 Å². The van der Waals surface area contributed by atoms with Gasteiger partial charge in [0.2, 0.25) is 0 Å². The van der Waals surface area contributed by atoms with Crippen molar-refractivity contribution in [2.75, 3.05) is 26.7 Å². The van der Waals surface area contributed by atoms with Crippen molar-refractivity contribution < 1.29 is 9.53 Å². The Bertz CT molecular complexity index is 730. The van der Waals surface area contributed by atoms with Crippen molar-refractivity contribution in [3.63, 3.8) is 0 Å². The molecule has 27 heavy (non-hydrogen) atoms. The van der Waals surface area contributed by atoms with Gasteiger partial charge in [0.05, 0.1) is 0 Å². The quantitative estimate of drug-likeness (QED) is 0.525. The molecule has 0 spiro atoms. The third-order valence-corrected chi connectivity index (χ3v) is 3.93. The Morgan fingerprint density at radius 3 is 2.44 bits per heavy atom. The van der Waals surface area contributed by atoms with Crippen LogP contribution in [0.5, 0.6) is 5.75 Å². The van der Waals surface area contributed by atoms with Gasteiger partial charge in [0.15, 0.2) is 12.6 Å². The first kappa shape index (κ1) is 20.3. The van der Waals surface area contributed by atoms with Gasteiger partial charge in [0.1, 0.15) is 5.75 Å². The first-order chi connectivity index (χ1) is 13.1. The van der Waals surface area contributed by atoms with E-state index < -0.39 is 5.91 Å². The molecule has 0 radical (unpaired) electrons. The molecule has 0 bridgehead atoms. The minimum Gasteiger partial charge on any atom is -0.484 e. The summed E-state index contributed by atoms with van der Waals surface area (Å²) in [7, 11) is 2.04. The van der Waals surface area contributed by atoms with Gasteiger partial charge in [-0.1, -0.05) is 42.5 Å². The van der Waals surface area contributed by atoms with E-state index in [0.29, 0.717) is 12.3 Å². The number of nitrogens with two attached hydrogens (primary N) is 1. The number of hydrogen-bond acceptors (Lipinski definition) is 3. The zero-order valence-electron chi connectivity index (χ0n) is 16.0. The van der Waals surface area contributed by atoms with Gasteiger partial charge in [-0.25, -0.2) is 0 Å². The van der Waals surface area contributed by atoms with E-state index in [1.807, 2.05) is 49.5 Å². The molecule has 0 unspecified atom stereocenters. The molecular weight excluding hydrogens is 340 g/mol. The first-order valence-electron chi connectivity index (χ1n) is 9.12. The number of ether oxygens (including phenoxy) is 1. The summed E-state index contributed by atoms with van der Waals surface area (Å²) in [6, 6.07) is 18.0. The monoisotopic (exact) mass is 368 g/mol. The average Bonchev–Trinajstić information content (AvgIpc) is 2.67. The number of benzene rings is 2. The van der Waals surface area contributed by atoms with Gasteiger partial charge in [-0.15, -0.1) is 0 Å². The summed E-state index contributed by atoms with van der Waals surface area (Å²) in [5.74, 6) is 1.05. The van der Waals surface area contributed by atoms with Crippen LogP contribution in [0.4, 0.5) is 0 Å². The third-order valence-electron chi connectivity index (χ3n) is 3.93. The largest absolute Gasteiger partial charge is 0.484 e. The summed E-state index contributed by atoms with van der Waals surface area (Å²) in [5.41, 5.74) is 7.48. The van der Waals surface area contributed by atoms with E-state index in [1.165, 1.54) is 5.56 Å². The second-order valence-corrected chi connectivity index (χ2v) is 6.23. The standard InChI is InChI=1S/C21H28N4O2/c1-3-23-21(25(2)15-18-7-5-4-6-8-18)24-14-13-17-9-11-19(12-10-17)27-16-20(22)26/h4-12H,3,13-16H2,1-2H3,(H2,22,26)(H,23,24). The van der Waals surface area contributed by atoms with E-state index in [9.17, 15) is 4.79 Å². The van der Waals surface area contributed by atoms with Crippen LogP contribution in [-0.2, 0) is 17.8 Å². The fourth-order valence-electron chi connectivity index (χ4n) is 2.60. The number of aliphatic imine (C=N–C) groups is 1. The van der Waals surface area contributed by atoms with Gasteiger partial charge in [-0.05, 0) is 36.6 Å².